The van der Waals surface area contributed by atoms with Crippen molar-refractivity contribution in [3.8, 4) is 0 Å². The zero-order chi connectivity index (χ0) is 14.7. The predicted octanol–water partition coefficient (Wildman–Crippen LogP) is 1.81. The van der Waals surface area contributed by atoms with Crippen LogP contribution in [0.4, 0.5) is 0 Å². The largest absolute Gasteiger partial charge is 0.348 e. The molecular weight excluding hydrogens is 286 g/mol. The molecule has 0 amide bonds. The zero-order valence-electron chi connectivity index (χ0n) is 11.8. The molecule has 0 fully saturated rings. The molecule has 1 heterocycles. The molecule has 21 heavy (non-hydrogen) atoms. The molecule has 3 rings (SSSR count). The first kappa shape index (κ1) is 14.3. The van der Waals surface area contributed by atoms with Gasteiger partial charge in [0, 0.05) is 24.9 Å². The number of fused-ring (bicyclic) bond motifs is 1. The van der Waals surface area contributed by atoms with Crippen LogP contribution < -0.4 is 4.72 Å². The van der Waals surface area contributed by atoms with E-state index in [1.54, 1.807) is 18.6 Å². The molecule has 0 radical (unpaired) electrons. The minimum absolute atomic E-state index is 0.363. The van der Waals surface area contributed by atoms with Crippen molar-refractivity contribution in [2.24, 2.45) is 0 Å². The molecule has 0 unspecified atom stereocenters. The fourth-order valence-electron chi connectivity index (χ4n) is 2.70. The Balaban J connectivity index is 1.69. The van der Waals surface area contributed by atoms with Crippen LogP contribution in [0.2, 0.25) is 0 Å². The molecule has 2 aromatic rings. The molecule has 2 N–H and O–H groups in total. The summed E-state index contributed by atoms with van der Waals surface area (Å²) >= 11 is 0. The van der Waals surface area contributed by atoms with E-state index >= 15 is 0 Å². The molecule has 0 bridgehead atoms. The van der Waals surface area contributed by atoms with Gasteiger partial charge in [0.1, 0.15) is 0 Å². The van der Waals surface area contributed by atoms with Gasteiger partial charge in [-0.3, -0.25) is 0 Å². The number of H-pyrrole nitrogens is 1. The summed E-state index contributed by atoms with van der Waals surface area (Å²) < 4.78 is 27.3. The molecule has 112 valence electrons. The number of aryl methyl sites for hydroxylation is 2. The topological polar surface area (TPSA) is 74.8 Å². The summed E-state index contributed by atoms with van der Waals surface area (Å²) in [7, 11) is -3.43. The van der Waals surface area contributed by atoms with E-state index in [0.29, 0.717) is 17.9 Å². The molecule has 0 saturated carbocycles. The lowest BCUT2D eigenvalue weighted by atomic mass is 9.92. The smallest absolute Gasteiger partial charge is 0.240 e. The van der Waals surface area contributed by atoms with Gasteiger partial charge < -0.3 is 4.98 Å². The molecule has 1 aliphatic rings. The van der Waals surface area contributed by atoms with Crippen molar-refractivity contribution in [2.45, 2.75) is 37.0 Å². The van der Waals surface area contributed by atoms with Gasteiger partial charge in [0.25, 0.3) is 0 Å². The molecule has 0 spiro atoms. The molecule has 1 aromatic heterocycles. The molecule has 1 aromatic carbocycles. The van der Waals surface area contributed by atoms with Gasteiger partial charge in [-0.15, -0.1) is 0 Å². The Bertz CT molecular complexity index is 709. The van der Waals surface area contributed by atoms with E-state index in [-0.39, 0.29) is 0 Å². The summed E-state index contributed by atoms with van der Waals surface area (Å²) in [5, 5.41) is 0. The molecule has 0 aliphatic heterocycles. The monoisotopic (exact) mass is 305 g/mol. The van der Waals surface area contributed by atoms with Crippen LogP contribution in [0, 0.1) is 0 Å². The minimum Gasteiger partial charge on any atom is -0.348 e. The quantitative estimate of drug-likeness (QED) is 0.884. The normalized spacial score (nSPS) is 14.9. The van der Waals surface area contributed by atoms with Crippen molar-refractivity contribution < 1.29 is 8.42 Å². The molecule has 0 atom stereocenters. The number of benzene rings is 1. The van der Waals surface area contributed by atoms with Gasteiger partial charge in [-0.2, -0.15) is 0 Å². The second-order valence-electron chi connectivity index (χ2n) is 5.36. The summed E-state index contributed by atoms with van der Waals surface area (Å²) in [5.74, 6) is 0. The lowest BCUT2D eigenvalue weighted by molar-refractivity contribution is 0.580. The van der Waals surface area contributed by atoms with E-state index in [1.165, 1.54) is 17.5 Å². The average molecular weight is 305 g/mol. The Hall–Kier alpha value is -1.66. The number of rotatable bonds is 5. The second kappa shape index (κ2) is 5.99. The van der Waals surface area contributed by atoms with Crippen LogP contribution in [0.25, 0.3) is 0 Å². The highest BCUT2D eigenvalue weighted by molar-refractivity contribution is 7.89. The van der Waals surface area contributed by atoms with Crippen LogP contribution in [0.5, 0.6) is 0 Å². The van der Waals surface area contributed by atoms with Crippen LogP contribution in [0.15, 0.2) is 35.6 Å². The average Bonchev–Trinajstić information content (AvgIpc) is 3.00. The summed E-state index contributed by atoms with van der Waals surface area (Å²) in [6.07, 6.45) is 8.27. The standard InChI is InChI=1S/C15H19N3O2S/c19-21(20,18-8-7-14-10-16-11-17-14)15-6-5-12-3-1-2-4-13(12)9-15/h5-6,9-11,18H,1-4,7-8H2,(H,16,17). The second-order valence-corrected chi connectivity index (χ2v) is 7.13. The highest BCUT2D eigenvalue weighted by Crippen LogP contribution is 2.23. The SMILES string of the molecule is O=S(=O)(NCCc1cnc[nH]1)c1ccc2c(c1)CCCC2. The van der Waals surface area contributed by atoms with Gasteiger partial charge in [-0.05, 0) is 48.9 Å². The maximum absolute atomic E-state index is 12.3. The number of hydrogen-bond donors (Lipinski definition) is 2. The Labute approximate surface area is 124 Å². The van der Waals surface area contributed by atoms with Crippen molar-refractivity contribution in [1.82, 2.24) is 14.7 Å². The Kier molecular flexibility index (Phi) is 4.07. The number of nitrogens with zero attached hydrogens (tertiary/aromatic N) is 1. The van der Waals surface area contributed by atoms with Gasteiger partial charge in [-0.1, -0.05) is 6.07 Å². The number of imidazole rings is 1. The summed E-state index contributed by atoms with van der Waals surface area (Å²) in [6.45, 7) is 0.363. The maximum Gasteiger partial charge on any atom is 0.240 e. The third-order valence-corrected chi connectivity index (χ3v) is 5.33. The Morgan fingerprint density at radius 2 is 2.00 bits per heavy atom. The highest BCUT2D eigenvalue weighted by Gasteiger charge is 2.17. The summed E-state index contributed by atoms with van der Waals surface area (Å²) in [4.78, 5) is 7.24. The van der Waals surface area contributed by atoms with Crippen molar-refractivity contribution in [2.75, 3.05) is 6.54 Å². The minimum atomic E-state index is -3.43. The number of sulfonamides is 1. The summed E-state index contributed by atoms with van der Waals surface area (Å²) in [6, 6.07) is 5.49. The van der Waals surface area contributed by atoms with Crippen molar-refractivity contribution in [1.29, 1.82) is 0 Å². The van der Waals surface area contributed by atoms with E-state index in [9.17, 15) is 8.42 Å². The number of aromatic amines is 1. The van der Waals surface area contributed by atoms with Crippen LogP contribution >= 0.6 is 0 Å². The maximum atomic E-state index is 12.3. The van der Waals surface area contributed by atoms with Crippen molar-refractivity contribution in [3.05, 3.63) is 47.5 Å². The fourth-order valence-corrected chi connectivity index (χ4v) is 3.78. The van der Waals surface area contributed by atoms with E-state index in [2.05, 4.69) is 14.7 Å². The third-order valence-electron chi connectivity index (χ3n) is 3.87. The highest BCUT2D eigenvalue weighted by atomic mass is 32.2. The lowest BCUT2D eigenvalue weighted by Crippen LogP contribution is -2.26. The first-order valence-corrected chi connectivity index (χ1v) is 8.72. The molecule has 1 aliphatic carbocycles. The number of nitrogens with one attached hydrogen (secondary N) is 2. The van der Waals surface area contributed by atoms with Crippen molar-refractivity contribution >= 4 is 10.0 Å². The van der Waals surface area contributed by atoms with Crippen LogP contribution in [0.1, 0.15) is 29.7 Å². The van der Waals surface area contributed by atoms with E-state index in [1.807, 2.05) is 12.1 Å². The first-order valence-electron chi connectivity index (χ1n) is 7.24. The van der Waals surface area contributed by atoms with Crippen LogP contribution in [-0.2, 0) is 29.3 Å². The Morgan fingerprint density at radius 1 is 1.19 bits per heavy atom. The van der Waals surface area contributed by atoms with Crippen molar-refractivity contribution in [3.63, 3.8) is 0 Å². The summed E-state index contributed by atoms with van der Waals surface area (Å²) in [5.41, 5.74) is 3.39. The third kappa shape index (κ3) is 3.33. The van der Waals surface area contributed by atoms with Crippen LogP contribution in [-0.4, -0.2) is 24.9 Å². The lowest BCUT2D eigenvalue weighted by Gasteiger charge is -2.16. The number of hydrogen-bond acceptors (Lipinski definition) is 3. The van der Waals surface area contributed by atoms with Gasteiger partial charge >= 0.3 is 0 Å². The molecular formula is C15H19N3O2S. The first-order chi connectivity index (χ1) is 10.1. The van der Waals surface area contributed by atoms with Crippen LogP contribution in [0.3, 0.4) is 0 Å². The van der Waals surface area contributed by atoms with Gasteiger partial charge in [0.15, 0.2) is 0 Å². The van der Waals surface area contributed by atoms with E-state index in [0.717, 1.165) is 25.0 Å². The van der Waals surface area contributed by atoms with E-state index < -0.39 is 10.0 Å². The van der Waals surface area contributed by atoms with Gasteiger partial charge in [0.05, 0.1) is 11.2 Å². The molecule has 0 saturated heterocycles. The number of aromatic nitrogens is 2. The van der Waals surface area contributed by atoms with Gasteiger partial charge in [0.2, 0.25) is 10.0 Å². The fraction of sp³-hybridized carbons (Fsp3) is 0.400. The molecule has 6 heteroatoms. The Morgan fingerprint density at radius 3 is 2.76 bits per heavy atom. The van der Waals surface area contributed by atoms with E-state index in [4.69, 9.17) is 0 Å². The molecule has 5 nitrogen and oxygen atoms in total. The predicted molar refractivity (Wildman–Crippen MR) is 80.6 cm³/mol. The van der Waals surface area contributed by atoms with Gasteiger partial charge in [-0.25, -0.2) is 18.1 Å². The zero-order valence-corrected chi connectivity index (χ0v) is 12.6.